The molecule has 0 aliphatic heterocycles. The predicted molar refractivity (Wildman–Crippen MR) is 58.1 cm³/mol. The van der Waals surface area contributed by atoms with Crippen LogP contribution in [0.15, 0.2) is 23.1 Å². The molecule has 5 nitrogen and oxygen atoms in total. The van der Waals surface area contributed by atoms with Crippen LogP contribution in [0.25, 0.3) is 0 Å². The van der Waals surface area contributed by atoms with Crippen LogP contribution in [0.3, 0.4) is 0 Å². The number of nitrogens with one attached hydrogen (secondary N) is 1. The number of benzene rings is 1. The number of carbonyl (C=O) groups excluding carboxylic acids is 1. The summed E-state index contributed by atoms with van der Waals surface area (Å²) >= 11 is 1.10. The normalized spacial score (nSPS) is 9.47. The Labute approximate surface area is 92.1 Å². The van der Waals surface area contributed by atoms with Crippen LogP contribution in [0.2, 0.25) is 0 Å². The van der Waals surface area contributed by atoms with Gasteiger partial charge < -0.3 is 15.2 Å². The van der Waals surface area contributed by atoms with E-state index in [4.69, 9.17) is 15.2 Å². The third kappa shape index (κ3) is 3.59. The molecule has 0 bridgehead atoms. The lowest BCUT2D eigenvalue weighted by Gasteiger charge is -2.07. The van der Waals surface area contributed by atoms with Crippen LogP contribution >= 0.6 is 11.9 Å². The molecule has 0 unspecified atom stereocenters. The van der Waals surface area contributed by atoms with E-state index in [1.807, 2.05) is 0 Å². The average Bonchev–Trinajstić information content (AvgIpc) is 2.25. The van der Waals surface area contributed by atoms with Crippen molar-refractivity contribution >= 4 is 18.0 Å². The van der Waals surface area contributed by atoms with Crippen LogP contribution in [-0.2, 0) is 0 Å². The fourth-order valence-electron chi connectivity index (χ4n) is 0.949. The lowest BCUT2D eigenvalue weighted by Crippen LogP contribution is -2.22. The van der Waals surface area contributed by atoms with Gasteiger partial charge in [-0.25, -0.2) is 4.79 Å². The topological polar surface area (TPSA) is 73.6 Å². The second-order valence-corrected chi connectivity index (χ2v) is 3.50. The SMILES string of the molecule is COc1cc(OC)cc(SNC(N)=O)c1. The van der Waals surface area contributed by atoms with E-state index in [1.165, 1.54) is 0 Å². The van der Waals surface area contributed by atoms with Crippen LogP contribution in [0.4, 0.5) is 4.79 Å². The third-order valence-electron chi connectivity index (χ3n) is 1.59. The van der Waals surface area contributed by atoms with Crippen molar-refractivity contribution in [2.24, 2.45) is 5.73 Å². The first kappa shape index (κ1) is 11.5. The van der Waals surface area contributed by atoms with E-state index in [2.05, 4.69) is 4.72 Å². The monoisotopic (exact) mass is 228 g/mol. The summed E-state index contributed by atoms with van der Waals surface area (Å²) in [5.74, 6) is 1.31. The number of methoxy groups -OCH3 is 2. The fraction of sp³-hybridized carbons (Fsp3) is 0.222. The van der Waals surface area contributed by atoms with Crippen LogP contribution in [0, 0.1) is 0 Å². The van der Waals surface area contributed by atoms with Gasteiger partial charge in [0.15, 0.2) is 0 Å². The molecule has 0 aromatic heterocycles. The fourth-order valence-corrected chi connectivity index (χ4v) is 1.52. The van der Waals surface area contributed by atoms with Gasteiger partial charge in [0.1, 0.15) is 11.5 Å². The second-order valence-electron chi connectivity index (χ2n) is 2.62. The molecule has 6 heteroatoms. The summed E-state index contributed by atoms with van der Waals surface area (Å²) in [4.78, 5) is 11.3. The zero-order valence-corrected chi connectivity index (χ0v) is 9.26. The van der Waals surface area contributed by atoms with Gasteiger partial charge in [0.2, 0.25) is 0 Å². The lowest BCUT2D eigenvalue weighted by molar-refractivity contribution is 0.254. The Morgan fingerprint density at radius 2 is 1.80 bits per heavy atom. The molecular weight excluding hydrogens is 216 g/mol. The number of nitrogens with two attached hydrogens (primary N) is 1. The Morgan fingerprint density at radius 1 is 1.27 bits per heavy atom. The van der Waals surface area contributed by atoms with Crippen LogP contribution < -0.4 is 19.9 Å². The van der Waals surface area contributed by atoms with Gasteiger partial charge in [0, 0.05) is 11.0 Å². The number of carbonyl (C=O) groups is 1. The Morgan fingerprint density at radius 3 is 2.20 bits per heavy atom. The molecule has 1 rings (SSSR count). The zero-order chi connectivity index (χ0) is 11.3. The van der Waals surface area contributed by atoms with Crippen molar-refractivity contribution < 1.29 is 14.3 Å². The maximum Gasteiger partial charge on any atom is 0.322 e. The van der Waals surface area contributed by atoms with Crippen LogP contribution in [0.1, 0.15) is 0 Å². The zero-order valence-electron chi connectivity index (χ0n) is 8.44. The van der Waals surface area contributed by atoms with Crippen molar-refractivity contribution in [1.29, 1.82) is 0 Å². The van der Waals surface area contributed by atoms with E-state index >= 15 is 0 Å². The second kappa shape index (κ2) is 5.35. The molecule has 0 heterocycles. The highest BCUT2D eigenvalue weighted by molar-refractivity contribution is 7.98. The minimum atomic E-state index is -0.596. The van der Waals surface area contributed by atoms with Crippen molar-refractivity contribution in [1.82, 2.24) is 4.72 Å². The average molecular weight is 228 g/mol. The molecule has 0 radical (unpaired) electrons. The van der Waals surface area contributed by atoms with Gasteiger partial charge in [-0.05, 0) is 24.1 Å². The molecule has 3 N–H and O–H groups in total. The van der Waals surface area contributed by atoms with E-state index < -0.39 is 6.03 Å². The summed E-state index contributed by atoms with van der Waals surface area (Å²) in [6.07, 6.45) is 0. The molecule has 15 heavy (non-hydrogen) atoms. The number of primary amides is 1. The van der Waals surface area contributed by atoms with E-state index in [0.29, 0.717) is 11.5 Å². The minimum Gasteiger partial charge on any atom is -0.497 e. The van der Waals surface area contributed by atoms with Gasteiger partial charge >= 0.3 is 6.03 Å². The third-order valence-corrected chi connectivity index (χ3v) is 2.37. The molecule has 0 atom stereocenters. The summed E-state index contributed by atoms with van der Waals surface area (Å²) < 4.78 is 12.5. The summed E-state index contributed by atoms with van der Waals surface area (Å²) in [5, 5.41) is 0. The van der Waals surface area contributed by atoms with Gasteiger partial charge in [0.25, 0.3) is 0 Å². The number of hydrogen-bond acceptors (Lipinski definition) is 4. The first-order valence-corrected chi connectivity index (χ1v) is 4.92. The Bertz CT molecular complexity index is 335. The number of hydrogen-bond donors (Lipinski definition) is 2. The number of ether oxygens (including phenoxy) is 2. The van der Waals surface area contributed by atoms with Gasteiger partial charge in [0.05, 0.1) is 14.2 Å². The van der Waals surface area contributed by atoms with Crippen molar-refractivity contribution in [2.75, 3.05) is 14.2 Å². The van der Waals surface area contributed by atoms with Gasteiger partial charge in [-0.2, -0.15) is 0 Å². The molecule has 0 saturated carbocycles. The molecule has 0 aliphatic carbocycles. The lowest BCUT2D eigenvalue weighted by atomic mass is 10.3. The first-order chi connectivity index (χ1) is 7.15. The van der Waals surface area contributed by atoms with Crippen LogP contribution in [0.5, 0.6) is 11.5 Å². The standard InChI is InChI=1S/C9H12N2O3S/c1-13-6-3-7(14-2)5-8(4-6)15-11-9(10)12/h3-5H,1-2H3,(H3,10,11,12). The van der Waals surface area contributed by atoms with Gasteiger partial charge in [-0.3, -0.25) is 4.72 Å². The van der Waals surface area contributed by atoms with E-state index in [-0.39, 0.29) is 0 Å². The Hall–Kier alpha value is -1.56. The highest BCUT2D eigenvalue weighted by Crippen LogP contribution is 2.27. The molecule has 0 spiro atoms. The highest BCUT2D eigenvalue weighted by atomic mass is 32.2. The maximum absolute atomic E-state index is 10.5. The Kier molecular flexibility index (Phi) is 4.11. The van der Waals surface area contributed by atoms with E-state index in [0.717, 1.165) is 16.8 Å². The molecular formula is C9H12N2O3S. The molecule has 0 saturated heterocycles. The largest absolute Gasteiger partial charge is 0.497 e. The predicted octanol–water partition coefficient (Wildman–Crippen LogP) is 1.38. The first-order valence-electron chi connectivity index (χ1n) is 4.11. The maximum atomic E-state index is 10.5. The van der Waals surface area contributed by atoms with E-state index in [9.17, 15) is 4.79 Å². The van der Waals surface area contributed by atoms with Crippen molar-refractivity contribution in [3.8, 4) is 11.5 Å². The van der Waals surface area contributed by atoms with Crippen molar-refractivity contribution in [3.63, 3.8) is 0 Å². The molecule has 1 aromatic rings. The quantitative estimate of drug-likeness (QED) is 0.763. The molecule has 2 amide bonds. The summed E-state index contributed by atoms with van der Waals surface area (Å²) in [5.41, 5.74) is 4.95. The summed E-state index contributed by atoms with van der Waals surface area (Å²) in [6, 6.07) is 4.68. The Balaban J connectivity index is 2.81. The molecule has 82 valence electrons. The number of amides is 2. The molecule has 0 aliphatic rings. The summed E-state index contributed by atoms with van der Waals surface area (Å²) in [6.45, 7) is 0. The van der Waals surface area contributed by atoms with Gasteiger partial charge in [-0.1, -0.05) is 0 Å². The van der Waals surface area contributed by atoms with Crippen LogP contribution in [-0.4, -0.2) is 20.3 Å². The van der Waals surface area contributed by atoms with Crippen molar-refractivity contribution in [3.05, 3.63) is 18.2 Å². The summed E-state index contributed by atoms with van der Waals surface area (Å²) in [7, 11) is 3.12. The molecule has 0 fully saturated rings. The van der Waals surface area contributed by atoms with Gasteiger partial charge in [-0.15, -0.1) is 0 Å². The van der Waals surface area contributed by atoms with Crippen molar-refractivity contribution in [2.45, 2.75) is 4.90 Å². The highest BCUT2D eigenvalue weighted by Gasteiger charge is 2.03. The molecule has 1 aromatic carbocycles. The minimum absolute atomic E-state index is 0.596. The van der Waals surface area contributed by atoms with E-state index in [1.54, 1.807) is 32.4 Å². The number of urea groups is 1. The number of rotatable bonds is 4. The smallest absolute Gasteiger partial charge is 0.322 e.